The molecule has 0 spiro atoms. The third-order valence-electron chi connectivity index (χ3n) is 3.36. The molecule has 0 atom stereocenters. The van der Waals surface area contributed by atoms with Crippen molar-refractivity contribution in [3.05, 3.63) is 54.4 Å². The summed E-state index contributed by atoms with van der Waals surface area (Å²) in [7, 11) is 0. The number of carbonyl (C=O) groups is 2. The zero-order valence-electron chi connectivity index (χ0n) is 12.5. The number of carbonyl (C=O) groups excluding carboxylic acids is 2. The number of nitrogens with one attached hydrogen (secondary N) is 2. The van der Waals surface area contributed by atoms with E-state index in [9.17, 15) is 9.59 Å². The third-order valence-corrected chi connectivity index (χ3v) is 4.38. The van der Waals surface area contributed by atoms with Crippen LogP contribution in [0.5, 0.6) is 0 Å². The molecule has 0 bridgehead atoms. The summed E-state index contributed by atoms with van der Waals surface area (Å²) < 4.78 is 0. The number of pyridine rings is 1. The van der Waals surface area contributed by atoms with Crippen LogP contribution in [0.4, 0.5) is 5.69 Å². The van der Waals surface area contributed by atoms with Crippen LogP contribution >= 0.6 is 11.8 Å². The molecule has 3 rings (SSSR count). The third kappa shape index (κ3) is 4.82. The summed E-state index contributed by atoms with van der Waals surface area (Å²) in [6.45, 7) is 0. The second kappa shape index (κ2) is 7.28. The number of rotatable bonds is 6. The molecule has 2 N–H and O–H groups in total. The van der Waals surface area contributed by atoms with Gasteiger partial charge in [-0.15, -0.1) is 11.8 Å². The van der Waals surface area contributed by atoms with Crippen LogP contribution in [0.3, 0.4) is 0 Å². The maximum absolute atomic E-state index is 11.9. The fourth-order valence-electron chi connectivity index (χ4n) is 1.98. The molecular weight excluding hydrogens is 310 g/mol. The van der Waals surface area contributed by atoms with Crippen LogP contribution in [0.2, 0.25) is 0 Å². The molecule has 0 unspecified atom stereocenters. The first-order valence-electron chi connectivity index (χ1n) is 7.44. The van der Waals surface area contributed by atoms with E-state index in [0.717, 1.165) is 17.7 Å². The normalized spacial score (nSPS) is 13.4. The number of hydrogen-bond donors (Lipinski definition) is 2. The SMILES string of the molecule is O=C(CSc1ccncc1)Nc1ccc(C(=O)NC2CC2)cc1. The minimum absolute atomic E-state index is 0.0568. The standard InChI is InChI=1S/C17H17N3O2S/c21-16(11-23-15-7-9-18-10-8-15)19-13-3-1-12(2-4-13)17(22)20-14-5-6-14/h1-4,7-10,14H,5-6,11H2,(H,19,21)(H,20,22). The van der Waals surface area contributed by atoms with Gasteiger partial charge in [0.05, 0.1) is 5.75 Å². The Bertz CT molecular complexity index is 685. The van der Waals surface area contributed by atoms with E-state index in [4.69, 9.17) is 0 Å². The van der Waals surface area contributed by atoms with Crippen LogP contribution < -0.4 is 10.6 Å². The second-order valence-corrected chi connectivity index (χ2v) is 6.39. The summed E-state index contributed by atoms with van der Waals surface area (Å²) in [5, 5.41) is 5.76. The van der Waals surface area contributed by atoms with Crippen molar-refractivity contribution in [2.75, 3.05) is 11.1 Å². The molecule has 1 fully saturated rings. The predicted octanol–water partition coefficient (Wildman–Crippen LogP) is 2.70. The van der Waals surface area contributed by atoms with E-state index in [-0.39, 0.29) is 11.8 Å². The average molecular weight is 327 g/mol. The number of amides is 2. The predicted molar refractivity (Wildman–Crippen MR) is 90.5 cm³/mol. The molecule has 6 heteroatoms. The van der Waals surface area contributed by atoms with Crippen LogP contribution in [0, 0.1) is 0 Å². The molecule has 5 nitrogen and oxygen atoms in total. The van der Waals surface area contributed by atoms with Crippen molar-refractivity contribution >= 4 is 29.3 Å². The molecule has 0 radical (unpaired) electrons. The van der Waals surface area contributed by atoms with Gasteiger partial charge in [-0.2, -0.15) is 0 Å². The molecule has 1 aliphatic rings. The van der Waals surface area contributed by atoms with Crippen LogP contribution in [-0.4, -0.2) is 28.6 Å². The van der Waals surface area contributed by atoms with Crippen LogP contribution in [0.15, 0.2) is 53.7 Å². The van der Waals surface area contributed by atoms with Gasteiger partial charge in [0, 0.05) is 34.6 Å². The van der Waals surface area contributed by atoms with E-state index in [1.54, 1.807) is 36.7 Å². The average Bonchev–Trinajstić information content (AvgIpc) is 3.38. The molecule has 23 heavy (non-hydrogen) atoms. The Morgan fingerprint density at radius 3 is 2.43 bits per heavy atom. The first kappa shape index (κ1) is 15.6. The Morgan fingerprint density at radius 1 is 1.09 bits per heavy atom. The van der Waals surface area contributed by atoms with Crippen molar-refractivity contribution in [2.45, 2.75) is 23.8 Å². The molecule has 1 aromatic carbocycles. The molecule has 0 aliphatic heterocycles. The molecule has 0 saturated heterocycles. The smallest absolute Gasteiger partial charge is 0.251 e. The van der Waals surface area contributed by atoms with Gasteiger partial charge < -0.3 is 10.6 Å². The number of aromatic nitrogens is 1. The van der Waals surface area contributed by atoms with E-state index in [0.29, 0.717) is 23.0 Å². The molecule has 2 aromatic rings. The van der Waals surface area contributed by atoms with Gasteiger partial charge in [0.1, 0.15) is 0 Å². The number of thioether (sulfide) groups is 1. The van der Waals surface area contributed by atoms with Crippen molar-refractivity contribution in [3.8, 4) is 0 Å². The highest BCUT2D eigenvalue weighted by Gasteiger charge is 2.23. The largest absolute Gasteiger partial charge is 0.349 e. The number of hydrogen-bond acceptors (Lipinski definition) is 4. The lowest BCUT2D eigenvalue weighted by molar-refractivity contribution is -0.113. The lowest BCUT2D eigenvalue weighted by atomic mass is 10.2. The Hall–Kier alpha value is -2.34. The zero-order valence-corrected chi connectivity index (χ0v) is 13.3. The quantitative estimate of drug-likeness (QED) is 0.800. The lowest BCUT2D eigenvalue weighted by Gasteiger charge is -2.07. The van der Waals surface area contributed by atoms with Crippen LogP contribution in [0.1, 0.15) is 23.2 Å². The molecule has 118 valence electrons. The van der Waals surface area contributed by atoms with Gasteiger partial charge in [-0.05, 0) is 49.2 Å². The molecule has 2 amide bonds. The molecule has 1 aromatic heterocycles. The highest BCUT2D eigenvalue weighted by Crippen LogP contribution is 2.20. The first-order chi connectivity index (χ1) is 11.2. The fraction of sp³-hybridized carbons (Fsp3) is 0.235. The molecule has 1 saturated carbocycles. The summed E-state index contributed by atoms with van der Waals surface area (Å²) in [6.07, 6.45) is 5.53. The van der Waals surface area contributed by atoms with Gasteiger partial charge in [0.15, 0.2) is 0 Å². The van der Waals surface area contributed by atoms with Gasteiger partial charge in [0.25, 0.3) is 5.91 Å². The van der Waals surface area contributed by atoms with Crippen LogP contribution in [0.25, 0.3) is 0 Å². The van der Waals surface area contributed by atoms with E-state index >= 15 is 0 Å². The summed E-state index contributed by atoms with van der Waals surface area (Å²) in [6, 6.07) is 11.0. The Kier molecular flexibility index (Phi) is 4.92. The number of benzene rings is 1. The van der Waals surface area contributed by atoms with Gasteiger partial charge in [-0.3, -0.25) is 14.6 Å². The monoisotopic (exact) mass is 327 g/mol. The van der Waals surface area contributed by atoms with E-state index < -0.39 is 0 Å². The Morgan fingerprint density at radius 2 is 1.78 bits per heavy atom. The minimum atomic E-state index is -0.0815. The van der Waals surface area contributed by atoms with Gasteiger partial charge in [0.2, 0.25) is 5.91 Å². The van der Waals surface area contributed by atoms with Crippen molar-refractivity contribution in [1.82, 2.24) is 10.3 Å². The van der Waals surface area contributed by atoms with E-state index in [2.05, 4.69) is 15.6 Å². The Labute approximate surface area is 138 Å². The summed E-state index contributed by atoms with van der Waals surface area (Å²) in [5.41, 5.74) is 1.30. The van der Waals surface area contributed by atoms with Gasteiger partial charge in [-0.1, -0.05) is 0 Å². The first-order valence-corrected chi connectivity index (χ1v) is 8.43. The van der Waals surface area contributed by atoms with Crippen molar-refractivity contribution < 1.29 is 9.59 Å². The highest BCUT2D eigenvalue weighted by atomic mass is 32.2. The van der Waals surface area contributed by atoms with E-state index in [1.807, 2.05) is 12.1 Å². The zero-order chi connectivity index (χ0) is 16.1. The van der Waals surface area contributed by atoms with Gasteiger partial charge in [-0.25, -0.2) is 0 Å². The maximum atomic E-state index is 11.9. The Balaban J connectivity index is 1.49. The summed E-state index contributed by atoms with van der Waals surface area (Å²) in [5.74, 6) is 0.189. The topological polar surface area (TPSA) is 71.1 Å². The van der Waals surface area contributed by atoms with Gasteiger partial charge >= 0.3 is 0 Å². The summed E-state index contributed by atoms with van der Waals surface area (Å²) >= 11 is 1.45. The number of anilines is 1. The van der Waals surface area contributed by atoms with Crippen molar-refractivity contribution in [3.63, 3.8) is 0 Å². The lowest BCUT2D eigenvalue weighted by Crippen LogP contribution is -2.25. The minimum Gasteiger partial charge on any atom is -0.349 e. The molecule has 1 aliphatic carbocycles. The van der Waals surface area contributed by atoms with E-state index in [1.165, 1.54) is 11.8 Å². The van der Waals surface area contributed by atoms with Crippen molar-refractivity contribution in [2.24, 2.45) is 0 Å². The second-order valence-electron chi connectivity index (χ2n) is 5.34. The fourth-order valence-corrected chi connectivity index (χ4v) is 2.67. The van der Waals surface area contributed by atoms with Crippen LogP contribution in [-0.2, 0) is 4.79 Å². The van der Waals surface area contributed by atoms with Crippen molar-refractivity contribution in [1.29, 1.82) is 0 Å². The maximum Gasteiger partial charge on any atom is 0.251 e. The number of nitrogens with zero attached hydrogens (tertiary/aromatic N) is 1. The summed E-state index contributed by atoms with van der Waals surface area (Å²) in [4.78, 5) is 28.8. The highest BCUT2D eigenvalue weighted by molar-refractivity contribution is 8.00. The molecule has 1 heterocycles. The molecular formula is C17H17N3O2S.